The molecule has 1 N–H and O–H groups in total. The molecule has 4 nitrogen and oxygen atoms in total. The van der Waals surface area contributed by atoms with Crippen molar-refractivity contribution in [2.24, 2.45) is 5.92 Å². The molecule has 1 heterocycles. The third kappa shape index (κ3) is 2.93. The van der Waals surface area contributed by atoms with Gasteiger partial charge in [0.1, 0.15) is 0 Å². The van der Waals surface area contributed by atoms with E-state index in [1.165, 1.54) is 4.31 Å². The summed E-state index contributed by atoms with van der Waals surface area (Å²) in [5.41, 5.74) is 0. The van der Waals surface area contributed by atoms with Crippen LogP contribution in [0.5, 0.6) is 0 Å². The minimum atomic E-state index is -3.08. The number of nitrogens with zero attached hydrogens (tertiary/aromatic N) is 1. The van der Waals surface area contributed by atoms with E-state index in [0.29, 0.717) is 12.3 Å². The van der Waals surface area contributed by atoms with Crippen LogP contribution in [0, 0.1) is 5.92 Å². The highest BCUT2D eigenvalue weighted by molar-refractivity contribution is 7.89. The minimum Gasteiger partial charge on any atom is -0.390 e. The topological polar surface area (TPSA) is 57.6 Å². The van der Waals surface area contributed by atoms with E-state index in [-0.39, 0.29) is 18.8 Å². The molecule has 1 saturated heterocycles. The maximum atomic E-state index is 11.5. The van der Waals surface area contributed by atoms with Crippen molar-refractivity contribution in [3.63, 3.8) is 0 Å². The fraction of sp³-hybridized carbons (Fsp3) is 1.00. The fourth-order valence-electron chi connectivity index (χ4n) is 1.16. The van der Waals surface area contributed by atoms with Gasteiger partial charge in [0.15, 0.2) is 0 Å². The standard InChI is InChI=1S/C8H17NO3S/c1-7(2)3-4-13(11,12)9-5-8(10)6-9/h7-8,10H,3-6H2,1-2H3. The first-order valence-electron chi connectivity index (χ1n) is 4.57. The Hall–Kier alpha value is -0.130. The van der Waals surface area contributed by atoms with Crippen molar-refractivity contribution in [2.75, 3.05) is 18.8 Å². The van der Waals surface area contributed by atoms with Crippen molar-refractivity contribution < 1.29 is 13.5 Å². The molecular weight excluding hydrogens is 190 g/mol. The zero-order chi connectivity index (χ0) is 10.1. The number of hydrogen-bond donors (Lipinski definition) is 1. The van der Waals surface area contributed by atoms with Gasteiger partial charge in [-0.15, -0.1) is 0 Å². The Morgan fingerprint density at radius 2 is 2.00 bits per heavy atom. The predicted molar refractivity (Wildman–Crippen MR) is 50.8 cm³/mol. The first-order chi connectivity index (χ1) is 5.92. The van der Waals surface area contributed by atoms with Crippen LogP contribution in [0.15, 0.2) is 0 Å². The van der Waals surface area contributed by atoms with Gasteiger partial charge in [-0.3, -0.25) is 0 Å². The second-order valence-corrected chi connectivity index (χ2v) is 6.06. The van der Waals surface area contributed by atoms with Gasteiger partial charge < -0.3 is 5.11 Å². The lowest BCUT2D eigenvalue weighted by atomic mass is 10.2. The van der Waals surface area contributed by atoms with Crippen LogP contribution >= 0.6 is 0 Å². The molecule has 78 valence electrons. The van der Waals surface area contributed by atoms with Crippen LogP contribution < -0.4 is 0 Å². The van der Waals surface area contributed by atoms with Crippen LogP contribution in [0.2, 0.25) is 0 Å². The van der Waals surface area contributed by atoms with Crippen LogP contribution in [0.3, 0.4) is 0 Å². The van der Waals surface area contributed by atoms with Crippen molar-refractivity contribution >= 4 is 10.0 Å². The smallest absolute Gasteiger partial charge is 0.214 e. The second-order valence-electron chi connectivity index (χ2n) is 3.97. The van der Waals surface area contributed by atoms with Crippen molar-refractivity contribution in [3.8, 4) is 0 Å². The van der Waals surface area contributed by atoms with E-state index in [9.17, 15) is 8.42 Å². The Bertz CT molecular complexity index is 255. The molecule has 0 unspecified atom stereocenters. The molecule has 5 heteroatoms. The molecule has 0 atom stereocenters. The molecule has 0 aromatic carbocycles. The first kappa shape index (κ1) is 10.9. The molecule has 0 bridgehead atoms. The number of hydrogen-bond acceptors (Lipinski definition) is 3. The second kappa shape index (κ2) is 3.94. The number of sulfonamides is 1. The average molecular weight is 207 g/mol. The molecule has 0 saturated carbocycles. The van der Waals surface area contributed by atoms with Crippen molar-refractivity contribution in [3.05, 3.63) is 0 Å². The summed E-state index contributed by atoms with van der Waals surface area (Å²) in [6, 6.07) is 0. The first-order valence-corrected chi connectivity index (χ1v) is 6.18. The molecule has 1 aliphatic heterocycles. The summed E-state index contributed by atoms with van der Waals surface area (Å²) in [5.74, 6) is 0.609. The molecule has 0 aromatic heterocycles. The van der Waals surface area contributed by atoms with E-state index in [1.54, 1.807) is 0 Å². The Balaban J connectivity index is 2.39. The van der Waals surface area contributed by atoms with Gasteiger partial charge in [-0.05, 0) is 12.3 Å². The molecular formula is C8H17NO3S. The quantitative estimate of drug-likeness (QED) is 0.708. The lowest BCUT2D eigenvalue weighted by Gasteiger charge is -2.34. The highest BCUT2D eigenvalue weighted by Gasteiger charge is 2.33. The summed E-state index contributed by atoms with van der Waals surface area (Å²) in [6.07, 6.45) is 0.239. The Morgan fingerprint density at radius 3 is 2.38 bits per heavy atom. The maximum Gasteiger partial charge on any atom is 0.214 e. The van der Waals surface area contributed by atoms with Gasteiger partial charge in [-0.1, -0.05) is 13.8 Å². The van der Waals surface area contributed by atoms with Crippen LogP contribution in [0.1, 0.15) is 20.3 Å². The summed E-state index contributed by atoms with van der Waals surface area (Å²) in [5, 5.41) is 8.95. The van der Waals surface area contributed by atoms with Crippen LogP contribution in [-0.4, -0.2) is 42.8 Å². The normalized spacial score (nSPS) is 20.6. The average Bonchev–Trinajstić information content (AvgIpc) is 1.95. The van der Waals surface area contributed by atoms with E-state index < -0.39 is 16.1 Å². The summed E-state index contributed by atoms with van der Waals surface area (Å²) >= 11 is 0. The van der Waals surface area contributed by atoms with Gasteiger partial charge in [0.25, 0.3) is 0 Å². The summed E-state index contributed by atoms with van der Waals surface area (Å²) in [4.78, 5) is 0. The number of β-amino-alcohol motifs (C(OH)–C–C–N with tert-alkyl or cyclic N) is 1. The molecule has 0 radical (unpaired) electrons. The largest absolute Gasteiger partial charge is 0.390 e. The molecule has 1 fully saturated rings. The van der Waals surface area contributed by atoms with Gasteiger partial charge in [0.2, 0.25) is 10.0 Å². The van der Waals surface area contributed by atoms with Crippen LogP contribution in [-0.2, 0) is 10.0 Å². The zero-order valence-corrected chi connectivity index (χ0v) is 8.92. The van der Waals surface area contributed by atoms with E-state index >= 15 is 0 Å². The SMILES string of the molecule is CC(C)CCS(=O)(=O)N1CC(O)C1. The Morgan fingerprint density at radius 1 is 1.46 bits per heavy atom. The van der Waals surface area contributed by atoms with Crippen LogP contribution in [0.25, 0.3) is 0 Å². The van der Waals surface area contributed by atoms with Gasteiger partial charge in [0, 0.05) is 13.1 Å². The summed E-state index contributed by atoms with van der Waals surface area (Å²) < 4.78 is 24.3. The number of aliphatic hydroxyl groups excluding tert-OH is 1. The Kier molecular flexibility index (Phi) is 3.32. The van der Waals surface area contributed by atoms with Crippen molar-refractivity contribution in [1.82, 2.24) is 4.31 Å². The fourth-order valence-corrected chi connectivity index (χ4v) is 2.98. The maximum absolute atomic E-state index is 11.5. The predicted octanol–water partition coefficient (Wildman–Crippen LogP) is 0.0388. The highest BCUT2D eigenvalue weighted by Crippen LogP contribution is 2.15. The number of aliphatic hydroxyl groups is 1. The van der Waals surface area contributed by atoms with Gasteiger partial charge >= 0.3 is 0 Å². The lowest BCUT2D eigenvalue weighted by Crippen LogP contribution is -2.54. The van der Waals surface area contributed by atoms with Crippen molar-refractivity contribution in [2.45, 2.75) is 26.4 Å². The van der Waals surface area contributed by atoms with E-state index in [4.69, 9.17) is 5.11 Å². The third-order valence-electron chi connectivity index (χ3n) is 2.18. The monoisotopic (exact) mass is 207 g/mol. The third-order valence-corrected chi connectivity index (χ3v) is 4.01. The lowest BCUT2D eigenvalue weighted by molar-refractivity contribution is 0.0547. The highest BCUT2D eigenvalue weighted by atomic mass is 32.2. The molecule has 0 aromatic rings. The van der Waals surface area contributed by atoms with Gasteiger partial charge in [-0.25, -0.2) is 8.42 Å². The van der Waals surface area contributed by atoms with E-state index in [1.807, 2.05) is 13.8 Å². The van der Waals surface area contributed by atoms with Crippen LogP contribution in [0.4, 0.5) is 0 Å². The Labute approximate surface area is 79.6 Å². The number of rotatable bonds is 4. The van der Waals surface area contributed by atoms with Gasteiger partial charge in [0.05, 0.1) is 11.9 Å². The zero-order valence-electron chi connectivity index (χ0n) is 8.10. The van der Waals surface area contributed by atoms with Gasteiger partial charge in [-0.2, -0.15) is 4.31 Å². The molecule has 0 aliphatic carbocycles. The minimum absolute atomic E-state index is 0.206. The summed E-state index contributed by atoms with van der Waals surface area (Å²) in [7, 11) is -3.08. The molecule has 0 amide bonds. The summed E-state index contributed by atoms with van der Waals surface area (Å²) in [6.45, 7) is 4.56. The molecule has 0 spiro atoms. The molecule has 1 rings (SSSR count). The molecule has 13 heavy (non-hydrogen) atoms. The molecule has 1 aliphatic rings. The van der Waals surface area contributed by atoms with E-state index in [0.717, 1.165) is 0 Å². The van der Waals surface area contributed by atoms with E-state index in [2.05, 4.69) is 0 Å². The van der Waals surface area contributed by atoms with Crippen molar-refractivity contribution in [1.29, 1.82) is 0 Å².